The van der Waals surface area contributed by atoms with Crippen LogP contribution in [0.3, 0.4) is 0 Å². The zero-order valence-corrected chi connectivity index (χ0v) is 15.7. The van der Waals surface area contributed by atoms with Crippen molar-refractivity contribution in [3.63, 3.8) is 0 Å². The van der Waals surface area contributed by atoms with Gasteiger partial charge < -0.3 is 20.1 Å². The van der Waals surface area contributed by atoms with Gasteiger partial charge in [0, 0.05) is 6.42 Å². The van der Waals surface area contributed by atoms with E-state index in [1.165, 1.54) is 7.11 Å². The lowest BCUT2D eigenvalue weighted by Crippen LogP contribution is -2.53. The molecular formula is C19H25N3O5. The molecule has 27 heavy (non-hydrogen) atoms. The van der Waals surface area contributed by atoms with Gasteiger partial charge in [0.1, 0.15) is 18.7 Å². The summed E-state index contributed by atoms with van der Waals surface area (Å²) in [6.45, 7) is 3.58. The lowest BCUT2D eigenvalue weighted by atomic mass is 10.0. The first-order chi connectivity index (χ1) is 12.9. The highest BCUT2D eigenvalue weighted by Crippen LogP contribution is 2.07. The number of nitrogens with zero attached hydrogens (tertiary/aromatic N) is 1. The van der Waals surface area contributed by atoms with Crippen molar-refractivity contribution in [2.75, 3.05) is 7.11 Å². The standard InChI is InChI=1S/C19H25N3O5/c1-13(2)16(17(23)21-15(10-7-11-20)18(24)26-3)22-19(25)27-12-14-8-5-4-6-9-14/h4-6,8-9,13,15-16H,7,10,12H2,1-3H3,(H,21,23)(H,22,25)/t15-,16-/m0/s1. The van der Waals surface area contributed by atoms with Crippen molar-refractivity contribution < 1.29 is 23.9 Å². The maximum atomic E-state index is 12.5. The van der Waals surface area contributed by atoms with Crippen molar-refractivity contribution in [2.45, 2.75) is 45.4 Å². The molecule has 2 N–H and O–H groups in total. The van der Waals surface area contributed by atoms with Crippen LogP contribution in [0, 0.1) is 17.2 Å². The van der Waals surface area contributed by atoms with Crippen LogP contribution in [0.5, 0.6) is 0 Å². The van der Waals surface area contributed by atoms with Gasteiger partial charge in [0.15, 0.2) is 0 Å². The maximum Gasteiger partial charge on any atom is 0.408 e. The monoisotopic (exact) mass is 375 g/mol. The highest BCUT2D eigenvalue weighted by atomic mass is 16.5. The van der Waals surface area contributed by atoms with E-state index in [0.29, 0.717) is 0 Å². The van der Waals surface area contributed by atoms with E-state index in [9.17, 15) is 14.4 Å². The number of hydrogen-bond donors (Lipinski definition) is 2. The Bertz CT molecular complexity index is 670. The van der Waals surface area contributed by atoms with Gasteiger partial charge in [-0.05, 0) is 17.9 Å². The minimum absolute atomic E-state index is 0.0755. The summed E-state index contributed by atoms with van der Waals surface area (Å²) in [6.07, 6.45) is -0.531. The van der Waals surface area contributed by atoms with Crippen LogP contribution < -0.4 is 10.6 Å². The van der Waals surface area contributed by atoms with E-state index in [4.69, 9.17) is 10.00 Å². The van der Waals surface area contributed by atoms with Crippen LogP contribution in [-0.4, -0.2) is 37.2 Å². The third-order valence-corrected chi connectivity index (χ3v) is 3.78. The van der Waals surface area contributed by atoms with Crippen LogP contribution in [0.15, 0.2) is 30.3 Å². The smallest absolute Gasteiger partial charge is 0.408 e. The Morgan fingerprint density at radius 2 is 1.81 bits per heavy atom. The molecule has 0 heterocycles. The SMILES string of the molecule is COC(=O)[C@H](CCC#N)NC(=O)[C@@H](NC(=O)OCc1ccccc1)C(C)C. The van der Waals surface area contributed by atoms with E-state index in [2.05, 4.69) is 15.4 Å². The number of carbonyl (C=O) groups excluding carboxylic acids is 3. The lowest BCUT2D eigenvalue weighted by molar-refractivity contribution is -0.145. The molecule has 0 radical (unpaired) electrons. The zero-order valence-electron chi connectivity index (χ0n) is 15.7. The Balaban J connectivity index is 2.66. The summed E-state index contributed by atoms with van der Waals surface area (Å²) >= 11 is 0. The van der Waals surface area contributed by atoms with Gasteiger partial charge >= 0.3 is 12.1 Å². The second kappa shape index (κ2) is 11.5. The number of nitrogens with one attached hydrogen (secondary N) is 2. The van der Waals surface area contributed by atoms with Gasteiger partial charge in [-0.3, -0.25) is 4.79 Å². The second-order valence-corrected chi connectivity index (χ2v) is 6.21. The molecule has 0 fully saturated rings. The number of carbonyl (C=O) groups is 3. The number of methoxy groups -OCH3 is 1. The number of nitriles is 1. The molecule has 2 amide bonds. The molecule has 1 aromatic rings. The Kier molecular flexibility index (Phi) is 9.37. The molecule has 0 aliphatic heterocycles. The summed E-state index contributed by atoms with van der Waals surface area (Å²) < 4.78 is 9.78. The van der Waals surface area contributed by atoms with Crippen molar-refractivity contribution in [1.82, 2.24) is 10.6 Å². The first-order valence-electron chi connectivity index (χ1n) is 8.61. The average molecular weight is 375 g/mol. The fraction of sp³-hybridized carbons (Fsp3) is 0.474. The molecule has 8 heteroatoms. The Labute approximate surface area is 158 Å². The number of ether oxygens (including phenoxy) is 2. The van der Waals surface area contributed by atoms with E-state index in [1.54, 1.807) is 13.8 Å². The lowest BCUT2D eigenvalue weighted by Gasteiger charge is -2.24. The summed E-state index contributed by atoms with van der Waals surface area (Å²) in [5.41, 5.74) is 0.820. The summed E-state index contributed by atoms with van der Waals surface area (Å²) in [5.74, 6) is -1.44. The molecule has 8 nitrogen and oxygen atoms in total. The summed E-state index contributed by atoms with van der Waals surface area (Å²) in [4.78, 5) is 36.3. The van der Waals surface area contributed by atoms with Crippen molar-refractivity contribution >= 4 is 18.0 Å². The van der Waals surface area contributed by atoms with Gasteiger partial charge in [0.05, 0.1) is 13.2 Å². The van der Waals surface area contributed by atoms with Crippen LogP contribution >= 0.6 is 0 Å². The molecular weight excluding hydrogens is 350 g/mol. The molecule has 0 aliphatic rings. The minimum Gasteiger partial charge on any atom is -0.467 e. The van der Waals surface area contributed by atoms with Crippen molar-refractivity contribution in [1.29, 1.82) is 5.26 Å². The molecule has 0 saturated heterocycles. The zero-order chi connectivity index (χ0) is 20.2. The van der Waals surface area contributed by atoms with Gasteiger partial charge in [-0.2, -0.15) is 5.26 Å². The van der Waals surface area contributed by atoms with Gasteiger partial charge in [0.2, 0.25) is 5.91 Å². The van der Waals surface area contributed by atoms with E-state index in [0.717, 1.165) is 5.56 Å². The van der Waals surface area contributed by atoms with Crippen LogP contribution in [0.25, 0.3) is 0 Å². The molecule has 146 valence electrons. The summed E-state index contributed by atoms with van der Waals surface area (Å²) in [7, 11) is 1.20. The predicted octanol–water partition coefficient (Wildman–Crippen LogP) is 1.90. The first kappa shape index (κ1) is 22.0. The molecule has 0 aromatic heterocycles. The van der Waals surface area contributed by atoms with Crippen molar-refractivity contribution in [3.8, 4) is 6.07 Å². The van der Waals surface area contributed by atoms with Crippen LogP contribution in [0.1, 0.15) is 32.3 Å². The Hall–Kier alpha value is -3.08. The number of esters is 1. The van der Waals surface area contributed by atoms with E-state index in [-0.39, 0.29) is 25.4 Å². The van der Waals surface area contributed by atoms with Gasteiger partial charge in [-0.1, -0.05) is 44.2 Å². The van der Waals surface area contributed by atoms with Crippen LogP contribution in [0.2, 0.25) is 0 Å². The number of amides is 2. The Morgan fingerprint density at radius 1 is 1.15 bits per heavy atom. The molecule has 0 unspecified atom stereocenters. The number of rotatable bonds is 9. The number of alkyl carbamates (subject to hydrolysis) is 1. The van der Waals surface area contributed by atoms with Gasteiger partial charge in [0.25, 0.3) is 0 Å². The van der Waals surface area contributed by atoms with Crippen molar-refractivity contribution in [3.05, 3.63) is 35.9 Å². The molecule has 0 saturated carbocycles. The van der Waals surface area contributed by atoms with E-state index < -0.39 is 30.1 Å². The Morgan fingerprint density at radius 3 is 2.37 bits per heavy atom. The third-order valence-electron chi connectivity index (χ3n) is 3.78. The normalized spacial score (nSPS) is 12.4. The summed E-state index contributed by atoms with van der Waals surface area (Å²) in [5, 5.41) is 13.7. The largest absolute Gasteiger partial charge is 0.467 e. The predicted molar refractivity (Wildman–Crippen MR) is 97.2 cm³/mol. The fourth-order valence-corrected chi connectivity index (χ4v) is 2.29. The third kappa shape index (κ3) is 7.77. The van der Waals surface area contributed by atoms with Crippen molar-refractivity contribution in [2.24, 2.45) is 5.92 Å². The molecule has 1 aromatic carbocycles. The topological polar surface area (TPSA) is 118 Å². The molecule has 0 aliphatic carbocycles. The maximum absolute atomic E-state index is 12.5. The quantitative estimate of drug-likeness (QED) is 0.637. The van der Waals surface area contributed by atoms with E-state index >= 15 is 0 Å². The fourth-order valence-electron chi connectivity index (χ4n) is 2.29. The van der Waals surface area contributed by atoms with Gasteiger partial charge in [-0.15, -0.1) is 0 Å². The second-order valence-electron chi connectivity index (χ2n) is 6.21. The highest BCUT2D eigenvalue weighted by Gasteiger charge is 2.29. The molecule has 0 bridgehead atoms. The number of benzene rings is 1. The minimum atomic E-state index is -0.953. The highest BCUT2D eigenvalue weighted by molar-refractivity contribution is 5.89. The van der Waals surface area contributed by atoms with Crippen LogP contribution in [0.4, 0.5) is 4.79 Å². The van der Waals surface area contributed by atoms with Gasteiger partial charge in [-0.25, -0.2) is 9.59 Å². The van der Waals surface area contributed by atoms with Crippen LogP contribution in [-0.2, 0) is 25.7 Å². The molecule has 2 atom stereocenters. The average Bonchev–Trinajstić information content (AvgIpc) is 2.67. The first-order valence-corrected chi connectivity index (χ1v) is 8.61. The molecule has 1 rings (SSSR count). The molecule has 0 spiro atoms. The number of hydrogen-bond acceptors (Lipinski definition) is 6. The van der Waals surface area contributed by atoms with E-state index in [1.807, 2.05) is 36.4 Å². The summed E-state index contributed by atoms with van der Waals surface area (Å²) in [6, 6.07) is 9.21.